The van der Waals surface area contributed by atoms with E-state index in [0.717, 1.165) is 10.7 Å². The Hall–Kier alpha value is -3.26. The summed E-state index contributed by atoms with van der Waals surface area (Å²) in [7, 11) is 0. The van der Waals surface area contributed by atoms with E-state index in [1.807, 2.05) is 23.6 Å². The van der Waals surface area contributed by atoms with Gasteiger partial charge in [0.1, 0.15) is 5.01 Å². The fourth-order valence-corrected chi connectivity index (χ4v) is 3.27. The van der Waals surface area contributed by atoms with Crippen molar-refractivity contribution in [3.05, 3.63) is 64.2 Å². The number of nitrogens with one attached hydrogen (secondary N) is 3. The molecule has 124 valence electrons. The van der Waals surface area contributed by atoms with Crippen molar-refractivity contribution in [2.24, 2.45) is 0 Å². The number of aromatic nitrogens is 4. The number of amides is 1. The topological polar surface area (TPSA) is 104 Å². The van der Waals surface area contributed by atoms with E-state index in [9.17, 15) is 9.59 Å². The van der Waals surface area contributed by atoms with Gasteiger partial charge < -0.3 is 15.3 Å². The third kappa shape index (κ3) is 3.33. The summed E-state index contributed by atoms with van der Waals surface area (Å²) >= 11 is 1.46. The number of carbonyl (C=O) groups is 1. The Balaban J connectivity index is 1.46. The van der Waals surface area contributed by atoms with Crippen LogP contribution in [0.15, 0.2) is 52.8 Å². The van der Waals surface area contributed by atoms with Crippen LogP contribution in [0, 0.1) is 0 Å². The molecule has 0 atom stereocenters. The van der Waals surface area contributed by atoms with Crippen LogP contribution < -0.4 is 11.0 Å². The van der Waals surface area contributed by atoms with E-state index >= 15 is 0 Å². The first kappa shape index (κ1) is 15.3. The standard InChI is InChI=1S/C17H13N5O2S/c23-15(19-10-4-5-12-14(7-10)22-17(24)21-12)8-11-9-25-16(20-11)13-3-1-2-6-18-13/h1-7,9H,8H2,(H,19,23)(H2,21,22,24). The monoisotopic (exact) mass is 351 g/mol. The first-order valence-electron chi connectivity index (χ1n) is 7.55. The molecule has 3 N–H and O–H groups in total. The van der Waals surface area contributed by atoms with Crippen molar-refractivity contribution in [1.29, 1.82) is 0 Å². The Morgan fingerprint density at radius 3 is 2.88 bits per heavy atom. The van der Waals surface area contributed by atoms with E-state index in [1.165, 1.54) is 11.3 Å². The summed E-state index contributed by atoms with van der Waals surface area (Å²) in [5, 5.41) is 5.46. The lowest BCUT2D eigenvalue weighted by Gasteiger charge is -2.04. The number of H-pyrrole nitrogens is 2. The molecule has 7 nitrogen and oxygen atoms in total. The molecule has 0 unspecified atom stereocenters. The molecule has 0 aliphatic heterocycles. The molecular weight excluding hydrogens is 338 g/mol. The van der Waals surface area contributed by atoms with E-state index in [1.54, 1.807) is 24.4 Å². The SMILES string of the molecule is O=C(Cc1csc(-c2ccccn2)n1)Nc1ccc2[nH]c(=O)[nH]c2c1. The van der Waals surface area contributed by atoms with Gasteiger partial charge in [-0.15, -0.1) is 11.3 Å². The summed E-state index contributed by atoms with van der Waals surface area (Å²) in [5.41, 5.74) is 3.17. The zero-order valence-electron chi connectivity index (χ0n) is 12.9. The summed E-state index contributed by atoms with van der Waals surface area (Å²) < 4.78 is 0. The summed E-state index contributed by atoms with van der Waals surface area (Å²) in [6, 6.07) is 10.8. The zero-order chi connectivity index (χ0) is 17.2. The molecule has 4 rings (SSSR count). The van der Waals surface area contributed by atoms with Crippen molar-refractivity contribution >= 4 is 34.0 Å². The number of hydrogen-bond donors (Lipinski definition) is 3. The van der Waals surface area contributed by atoms with Crippen LogP contribution in [0.2, 0.25) is 0 Å². The smallest absolute Gasteiger partial charge is 0.323 e. The lowest BCUT2D eigenvalue weighted by molar-refractivity contribution is -0.115. The number of carbonyl (C=O) groups excluding carboxylic acids is 1. The molecule has 0 radical (unpaired) electrons. The predicted octanol–water partition coefficient (Wildman–Crippen LogP) is 2.56. The Morgan fingerprint density at radius 1 is 1.16 bits per heavy atom. The lowest BCUT2D eigenvalue weighted by atomic mass is 10.2. The number of hydrogen-bond acceptors (Lipinski definition) is 5. The van der Waals surface area contributed by atoms with E-state index in [2.05, 4.69) is 25.3 Å². The van der Waals surface area contributed by atoms with Crippen molar-refractivity contribution in [3.8, 4) is 10.7 Å². The highest BCUT2D eigenvalue weighted by Gasteiger charge is 2.10. The maximum atomic E-state index is 12.2. The summed E-state index contributed by atoms with van der Waals surface area (Å²) in [4.78, 5) is 37.5. The van der Waals surface area contributed by atoms with Crippen molar-refractivity contribution in [3.63, 3.8) is 0 Å². The van der Waals surface area contributed by atoms with Crippen LogP contribution in [0.1, 0.15) is 5.69 Å². The van der Waals surface area contributed by atoms with Gasteiger partial charge in [0.05, 0.1) is 28.8 Å². The molecule has 0 saturated carbocycles. The minimum atomic E-state index is -0.275. The van der Waals surface area contributed by atoms with Gasteiger partial charge in [-0.25, -0.2) is 9.78 Å². The molecule has 1 aromatic carbocycles. The summed E-state index contributed by atoms with van der Waals surface area (Å²) in [5.74, 6) is -0.171. The molecule has 3 heterocycles. The van der Waals surface area contributed by atoms with Gasteiger partial charge in [0, 0.05) is 17.3 Å². The Labute approximate surface area is 145 Å². The van der Waals surface area contributed by atoms with Crippen molar-refractivity contribution in [2.45, 2.75) is 6.42 Å². The molecule has 0 aliphatic rings. The average Bonchev–Trinajstić information content (AvgIpc) is 3.21. The van der Waals surface area contributed by atoms with Crippen molar-refractivity contribution in [2.75, 3.05) is 5.32 Å². The maximum Gasteiger partial charge on any atom is 0.323 e. The van der Waals surface area contributed by atoms with Gasteiger partial charge in [0.15, 0.2) is 0 Å². The first-order chi connectivity index (χ1) is 12.2. The Kier molecular flexibility index (Phi) is 3.87. The van der Waals surface area contributed by atoms with Crippen LogP contribution in [0.5, 0.6) is 0 Å². The van der Waals surface area contributed by atoms with Crippen LogP contribution >= 0.6 is 11.3 Å². The number of benzene rings is 1. The normalized spacial score (nSPS) is 10.9. The number of nitrogens with zero attached hydrogens (tertiary/aromatic N) is 2. The number of thiazole rings is 1. The summed E-state index contributed by atoms with van der Waals surface area (Å²) in [6.07, 6.45) is 1.88. The van der Waals surface area contributed by atoms with Crippen LogP contribution in [0.3, 0.4) is 0 Å². The largest absolute Gasteiger partial charge is 0.326 e. The number of anilines is 1. The predicted molar refractivity (Wildman–Crippen MR) is 96.6 cm³/mol. The van der Waals surface area contributed by atoms with Gasteiger partial charge in [-0.05, 0) is 30.3 Å². The van der Waals surface area contributed by atoms with Crippen LogP contribution in [-0.4, -0.2) is 25.8 Å². The second-order valence-electron chi connectivity index (χ2n) is 5.42. The van der Waals surface area contributed by atoms with E-state index in [-0.39, 0.29) is 18.0 Å². The molecular formula is C17H13N5O2S. The molecule has 4 aromatic rings. The molecule has 0 fully saturated rings. The van der Waals surface area contributed by atoms with Gasteiger partial charge in [0.25, 0.3) is 0 Å². The summed E-state index contributed by atoms with van der Waals surface area (Å²) in [6.45, 7) is 0. The average molecular weight is 351 g/mol. The molecule has 0 aliphatic carbocycles. The highest BCUT2D eigenvalue weighted by atomic mass is 32.1. The Morgan fingerprint density at radius 2 is 2.04 bits per heavy atom. The number of imidazole rings is 1. The second-order valence-corrected chi connectivity index (χ2v) is 6.28. The van der Waals surface area contributed by atoms with Gasteiger partial charge in [-0.2, -0.15) is 0 Å². The molecule has 0 bridgehead atoms. The Bertz CT molecular complexity index is 1100. The number of pyridine rings is 1. The number of fused-ring (bicyclic) bond motifs is 1. The number of rotatable bonds is 4. The molecule has 8 heteroatoms. The minimum absolute atomic E-state index is 0.171. The van der Waals surface area contributed by atoms with Crippen LogP contribution in [-0.2, 0) is 11.2 Å². The lowest BCUT2D eigenvalue weighted by Crippen LogP contribution is -2.14. The fraction of sp³-hybridized carbons (Fsp3) is 0.0588. The molecule has 0 spiro atoms. The molecule has 25 heavy (non-hydrogen) atoms. The third-order valence-corrected chi connectivity index (χ3v) is 4.49. The third-order valence-electron chi connectivity index (χ3n) is 3.58. The van der Waals surface area contributed by atoms with Crippen molar-refractivity contribution < 1.29 is 4.79 Å². The zero-order valence-corrected chi connectivity index (χ0v) is 13.8. The van der Waals surface area contributed by atoms with Crippen LogP contribution in [0.4, 0.5) is 5.69 Å². The van der Waals surface area contributed by atoms with Gasteiger partial charge >= 0.3 is 5.69 Å². The molecule has 1 amide bonds. The fourth-order valence-electron chi connectivity index (χ4n) is 2.48. The maximum absolute atomic E-state index is 12.2. The van der Waals surface area contributed by atoms with Gasteiger partial charge in [0.2, 0.25) is 5.91 Å². The van der Waals surface area contributed by atoms with Gasteiger partial charge in [-0.1, -0.05) is 6.07 Å². The molecule has 3 aromatic heterocycles. The highest BCUT2D eigenvalue weighted by Crippen LogP contribution is 2.22. The second kappa shape index (κ2) is 6.33. The minimum Gasteiger partial charge on any atom is -0.326 e. The number of aromatic amines is 2. The van der Waals surface area contributed by atoms with Gasteiger partial charge in [-0.3, -0.25) is 9.78 Å². The van der Waals surface area contributed by atoms with E-state index in [0.29, 0.717) is 22.4 Å². The van der Waals surface area contributed by atoms with Crippen LogP contribution in [0.25, 0.3) is 21.7 Å². The van der Waals surface area contributed by atoms with E-state index in [4.69, 9.17) is 0 Å². The highest BCUT2D eigenvalue weighted by molar-refractivity contribution is 7.13. The first-order valence-corrected chi connectivity index (χ1v) is 8.43. The van der Waals surface area contributed by atoms with Crippen molar-refractivity contribution in [1.82, 2.24) is 19.9 Å². The molecule has 0 saturated heterocycles. The van der Waals surface area contributed by atoms with E-state index < -0.39 is 0 Å². The quantitative estimate of drug-likeness (QED) is 0.525.